The van der Waals surface area contributed by atoms with Crippen molar-refractivity contribution in [2.75, 3.05) is 19.6 Å². The molecule has 0 bridgehead atoms. The van der Waals surface area contributed by atoms with Gasteiger partial charge < -0.3 is 9.80 Å². The van der Waals surface area contributed by atoms with Crippen LogP contribution in [0.5, 0.6) is 0 Å². The number of hydrogen-bond acceptors (Lipinski definition) is 2. The zero-order valence-corrected chi connectivity index (χ0v) is 12.4. The SMILES string of the molecule is O=C1CCCCC1C1CCCN1C(=O)N1CCCCC1. The third kappa shape index (κ3) is 2.70. The minimum absolute atomic E-state index is 0.125. The van der Waals surface area contributed by atoms with Gasteiger partial charge in [-0.3, -0.25) is 4.79 Å². The highest BCUT2D eigenvalue weighted by Gasteiger charge is 2.40. The van der Waals surface area contributed by atoms with Gasteiger partial charge in [0.05, 0.1) is 0 Å². The van der Waals surface area contributed by atoms with Crippen LogP contribution in [0.15, 0.2) is 0 Å². The summed E-state index contributed by atoms with van der Waals surface area (Å²) in [5, 5.41) is 0. The van der Waals surface area contributed by atoms with Gasteiger partial charge in [0.15, 0.2) is 0 Å². The summed E-state index contributed by atoms with van der Waals surface area (Å²) in [5.74, 6) is 0.527. The maximum Gasteiger partial charge on any atom is 0.320 e. The smallest absolute Gasteiger partial charge is 0.320 e. The molecule has 2 unspecified atom stereocenters. The summed E-state index contributed by atoms with van der Waals surface area (Å²) < 4.78 is 0. The average molecular weight is 278 g/mol. The van der Waals surface area contributed by atoms with Crippen LogP contribution < -0.4 is 0 Å². The molecule has 2 amide bonds. The van der Waals surface area contributed by atoms with Gasteiger partial charge >= 0.3 is 6.03 Å². The lowest BCUT2D eigenvalue weighted by molar-refractivity contribution is -0.126. The van der Waals surface area contributed by atoms with E-state index in [4.69, 9.17) is 0 Å². The first-order chi connectivity index (χ1) is 9.77. The molecule has 0 aromatic heterocycles. The van der Waals surface area contributed by atoms with Crippen molar-refractivity contribution < 1.29 is 9.59 Å². The van der Waals surface area contributed by atoms with E-state index in [0.29, 0.717) is 5.78 Å². The average Bonchev–Trinajstić information content (AvgIpc) is 2.97. The third-order valence-corrected chi connectivity index (χ3v) is 5.24. The molecule has 1 aliphatic carbocycles. The first kappa shape index (κ1) is 13.9. The van der Waals surface area contributed by atoms with Crippen molar-refractivity contribution in [1.29, 1.82) is 0 Å². The van der Waals surface area contributed by atoms with E-state index in [1.807, 2.05) is 9.80 Å². The van der Waals surface area contributed by atoms with Crippen molar-refractivity contribution in [2.24, 2.45) is 5.92 Å². The lowest BCUT2D eigenvalue weighted by Crippen LogP contribution is -2.50. The van der Waals surface area contributed by atoms with Gasteiger partial charge in [-0.1, -0.05) is 6.42 Å². The summed E-state index contributed by atoms with van der Waals surface area (Å²) in [7, 11) is 0. The Hall–Kier alpha value is -1.06. The summed E-state index contributed by atoms with van der Waals surface area (Å²) in [6, 6.07) is 0.391. The zero-order valence-electron chi connectivity index (χ0n) is 12.4. The molecule has 3 aliphatic rings. The van der Waals surface area contributed by atoms with Gasteiger partial charge in [-0.25, -0.2) is 4.79 Å². The minimum atomic E-state index is 0.125. The predicted molar refractivity (Wildman–Crippen MR) is 77.5 cm³/mol. The Morgan fingerprint density at radius 1 is 0.900 bits per heavy atom. The number of urea groups is 1. The summed E-state index contributed by atoms with van der Waals surface area (Å²) in [6.07, 6.45) is 9.51. The van der Waals surface area contributed by atoms with Crippen molar-refractivity contribution in [1.82, 2.24) is 9.80 Å². The first-order valence-electron chi connectivity index (χ1n) is 8.35. The Labute approximate surface area is 121 Å². The lowest BCUT2D eigenvalue weighted by atomic mass is 9.82. The van der Waals surface area contributed by atoms with E-state index in [2.05, 4.69) is 0 Å². The minimum Gasteiger partial charge on any atom is -0.325 e. The van der Waals surface area contributed by atoms with Crippen LogP contribution in [0.1, 0.15) is 57.8 Å². The molecule has 3 rings (SSSR count). The molecule has 2 aliphatic heterocycles. The molecule has 2 saturated heterocycles. The summed E-state index contributed by atoms with van der Waals surface area (Å²) in [6.45, 7) is 2.66. The summed E-state index contributed by atoms with van der Waals surface area (Å²) in [4.78, 5) is 28.9. The van der Waals surface area contributed by atoms with Crippen molar-refractivity contribution in [3.63, 3.8) is 0 Å². The second kappa shape index (κ2) is 6.15. The second-order valence-electron chi connectivity index (χ2n) is 6.55. The predicted octanol–water partition coefficient (Wildman–Crippen LogP) is 2.82. The molecule has 0 N–H and O–H groups in total. The van der Waals surface area contributed by atoms with Gasteiger partial charge in [-0.2, -0.15) is 0 Å². The highest BCUT2D eigenvalue weighted by Crippen LogP contribution is 2.33. The van der Waals surface area contributed by atoms with Crippen LogP contribution in [0.4, 0.5) is 4.79 Å². The Balaban J connectivity index is 1.68. The third-order valence-electron chi connectivity index (χ3n) is 5.24. The molecule has 112 valence electrons. The largest absolute Gasteiger partial charge is 0.325 e. The van der Waals surface area contributed by atoms with E-state index in [1.54, 1.807) is 0 Å². The standard InChI is InChI=1S/C16H26N2O2/c19-15-9-3-2-7-13(15)14-8-6-12-18(14)16(20)17-10-4-1-5-11-17/h13-14H,1-12H2. The van der Waals surface area contributed by atoms with E-state index in [9.17, 15) is 9.59 Å². The number of amides is 2. The number of carbonyl (C=O) groups excluding carboxylic acids is 2. The number of carbonyl (C=O) groups is 2. The summed E-state index contributed by atoms with van der Waals surface area (Å²) >= 11 is 0. The van der Waals surface area contributed by atoms with E-state index in [1.165, 1.54) is 6.42 Å². The van der Waals surface area contributed by atoms with Gasteiger partial charge in [-0.05, 0) is 44.9 Å². The van der Waals surface area contributed by atoms with Gasteiger partial charge in [0, 0.05) is 38.0 Å². The Morgan fingerprint density at radius 3 is 2.45 bits per heavy atom. The number of hydrogen-bond donors (Lipinski definition) is 0. The Morgan fingerprint density at radius 2 is 1.70 bits per heavy atom. The first-order valence-corrected chi connectivity index (χ1v) is 8.35. The summed E-state index contributed by atoms with van der Waals surface area (Å²) in [5.41, 5.74) is 0. The van der Waals surface area contributed by atoms with Crippen molar-refractivity contribution >= 4 is 11.8 Å². The molecule has 0 spiro atoms. The second-order valence-corrected chi connectivity index (χ2v) is 6.55. The lowest BCUT2D eigenvalue weighted by Gasteiger charge is -2.37. The maximum absolute atomic E-state index is 12.7. The molecule has 0 radical (unpaired) electrons. The molecule has 4 heteroatoms. The van der Waals surface area contributed by atoms with Crippen LogP contribution in [-0.2, 0) is 4.79 Å². The van der Waals surface area contributed by atoms with Gasteiger partial charge in [0.25, 0.3) is 0 Å². The molecule has 2 atom stereocenters. The Bertz CT molecular complexity index is 377. The molecule has 1 saturated carbocycles. The molecule has 0 aromatic rings. The molecule has 4 nitrogen and oxygen atoms in total. The molecular formula is C16H26N2O2. The molecule has 2 heterocycles. The van der Waals surface area contributed by atoms with E-state index in [0.717, 1.165) is 71.0 Å². The van der Waals surface area contributed by atoms with E-state index >= 15 is 0 Å². The monoisotopic (exact) mass is 278 g/mol. The van der Waals surface area contributed by atoms with Crippen LogP contribution in [0.25, 0.3) is 0 Å². The van der Waals surface area contributed by atoms with Crippen LogP contribution in [-0.4, -0.2) is 47.3 Å². The highest BCUT2D eigenvalue weighted by molar-refractivity contribution is 5.83. The molecular weight excluding hydrogens is 252 g/mol. The van der Waals surface area contributed by atoms with Gasteiger partial charge in [0.1, 0.15) is 5.78 Å². The van der Waals surface area contributed by atoms with Crippen molar-refractivity contribution in [2.45, 2.75) is 63.8 Å². The van der Waals surface area contributed by atoms with Crippen molar-refractivity contribution in [3.05, 3.63) is 0 Å². The van der Waals surface area contributed by atoms with Gasteiger partial charge in [-0.15, -0.1) is 0 Å². The number of nitrogens with zero attached hydrogens (tertiary/aromatic N) is 2. The fourth-order valence-electron chi connectivity index (χ4n) is 4.13. The van der Waals surface area contributed by atoms with Gasteiger partial charge in [0.2, 0.25) is 0 Å². The number of Topliss-reactive ketones (excluding diaryl/α,β-unsaturated/α-hetero) is 1. The molecule has 3 fully saturated rings. The number of piperidine rings is 1. The zero-order chi connectivity index (χ0) is 13.9. The number of ketones is 1. The molecule has 20 heavy (non-hydrogen) atoms. The topological polar surface area (TPSA) is 40.6 Å². The van der Waals surface area contributed by atoms with E-state index in [-0.39, 0.29) is 18.0 Å². The van der Waals surface area contributed by atoms with Crippen LogP contribution >= 0.6 is 0 Å². The normalized spacial score (nSPS) is 31.7. The fraction of sp³-hybridized carbons (Fsp3) is 0.875. The maximum atomic E-state index is 12.7. The number of likely N-dealkylation sites (tertiary alicyclic amines) is 2. The van der Waals surface area contributed by atoms with Crippen molar-refractivity contribution in [3.8, 4) is 0 Å². The Kier molecular flexibility index (Phi) is 4.27. The fourth-order valence-corrected chi connectivity index (χ4v) is 4.13. The van der Waals surface area contributed by atoms with Crippen LogP contribution in [0, 0.1) is 5.92 Å². The van der Waals surface area contributed by atoms with Crippen LogP contribution in [0.3, 0.4) is 0 Å². The highest BCUT2D eigenvalue weighted by atomic mass is 16.2. The number of rotatable bonds is 1. The quantitative estimate of drug-likeness (QED) is 0.740. The molecule has 0 aromatic carbocycles. The van der Waals surface area contributed by atoms with E-state index < -0.39 is 0 Å². The van der Waals surface area contributed by atoms with Crippen LogP contribution in [0.2, 0.25) is 0 Å².